The van der Waals surface area contributed by atoms with E-state index in [0.717, 1.165) is 0 Å². The third-order valence-electron chi connectivity index (χ3n) is 4.81. The lowest BCUT2D eigenvalue weighted by Crippen LogP contribution is -2.48. The van der Waals surface area contributed by atoms with Crippen molar-refractivity contribution >= 4 is 35.3 Å². The number of hydrogen-bond acceptors (Lipinski definition) is 5. The van der Waals surface area contributed by atoms with Crippen molar-refractivity contribution in [1.82, 2.24) is 15.3 Å². The van der Waals surface area contributed by atoms with Crippen molar-refractivity contribution in [2.24, 2.45) is 11.0 Å². The largest absolute Gasteiger partial charge is 0.340 e. The van der Waals surface area contributed by atoms with Gasteiger partial charge >= 0.3 is 0 Å². The number of nitro benzene ring substituents is 1. The van der Waals surface area contributed by atoms with E-state index in [4.69, 9.17) is 11.6 Å². The van der Waals surface area contributed by atoms with Gasteiger partial charge in [0.2, 0.25) is 0 Å². The summed E-state index contributed by atoms with van der Waals surface area (Å²) in [6, 6.07) is 15.3. The number of aromatic nitrogens is 1. The highest BCUT2D eigenvalue weighted by atomic mass is 35.5. The van der Waals surface area contributed by atoms with Crippen molar-refractivity contribution in [2.45, 2.75) is 19.9 Å². The molecule has 1 unspecified atom stereocenters. The zero-order valence-corrected chi connectivity index (χ0v) is 18.7. The average molecular weight is 468 g/mol. The van der Waals surface area contributed by atoms with Crippen molar-refractivity contribution in [3.8, 4) is 5.69 Å². The van der Waals surface area contributed by atoms with Gasteiger partial charge in [-0.3, -0.25) is 19.7 Å². The fraction of sp³-hybridized carbons (Fsp3) is 0.174. The molecule has 170 valence electrons. The van der Waals surface area contributed by atoms with Crippen LogP contribution >= 0.6 is 11.6 Å². The van der Waals surface area contributed by atoms with Crippen LogP contribution in [0.5, 0.6) is 0 Å². The molecule has 0 aliphatic rings. The number of rotatable bonds is 8. The standard InChI is InChI=1S/C23H22ClN5O4/c1-15(2)21(26-22(30)16-5-3-6-17(24)13-16)23(31)27-25-14-20-7-4-12-28(20)18-8-10-19(11-9-18)29(32)33/h3-15,21H,1-2H3,(H,26,30)(H,27,31)/b25-14-. The highest BCUT2D eigenvalue weighted by Crippen LogP contribution is 2.17. The number of nitrogens with zero attached hydrogens (tertiary/aromatic N) is 3. The first-order valence-electron chi connectivity index (χ1n) is 10.1. The van der Waals surface area contributed by atoms with Gasteiger partial charge in [0.15, 0.2) is 0 Å². The summed E-state index contributed by atoms with van der Waals surface area (Å²) in [5, 5.41) is 18.0. The fourth-order valence-corrected chi connectivity index (χ4v) is 3.28. The first kappa shape index (κ1) is 23.7. The molecule has 33 heavy (non-hydrogen) atoms. The molecule has 2 N–H and O–H groups in total. The summed E-state index contributed by atoms with van der Waals surface area (Å²) >= 11 is 5.94. The van der Waals surface area contributed by atoms with Crippen molar-refractivity contribution in [3.63, 3.8) is 0 Å². The summed E-state index contributed by atoms with van der Waals surface area (Å²) in [7, 11) is 0. The van der Waals surface area contributed by atoms with Gasteiger partial charge in [-0.15, -0.1) is 0 Å². The van der Waals surface area contributed by atoms with Crippen molar-refractivity contribution < 1.29 is 14.5 Å². The van der Waals surface area contributed by atoms with Crippen LogP contribution in [0.1, 0.15) is 29.9 Å². The summed E-state index contributed by atoms with van der Waals surface area (Å²) in [6.45, 7) is 3.62. The Morgan fingerprint density at radius 3 is 2.48 bits per heavy atom. The smallest absolute Gasteiger partial charge is 0.269 e. The molecule has 0 saturated carbocycles. The topological polar surface area (TPSA) is 119 Å². The molecule has 0 bridgehead atoms. The Hall–Kier alpha value is -3.98. The van der Waals surface area contributed by atoms with Gasteiger partial charge in [-0.1, -0.05) is 31.5 Å². The summed E-state index contributed by atoms with van der Waals surface area (Å²) in [5.74, 6) is -1.07. The monoisotopic (exact) mass is 467 g/mol. The first-order valence-corrected chi connectivity index (χ1v) is 10.5. The third-order valence-corrected chi connectivity index (χ3v) is 5.05. The van der Waals surface area contributed by atoms with Crippen LogP contribution in [-0.2, 0) is 4.79 Å². The number of halogens is 1. The van der Waals surface area contributed by atoms with Crippen LogP contribution in [-0.4, -0.2) is 33.6 Å². The minimum absolute atomic E-state index is 0.00654. The molecule has 9 nitrogen and oxygen atoms in total. The number of hydrogen-bond donors (Lipinski definition) is 2. The molecule has 10 heteroatoms. The average Bonchev–Trinajstić information content (AvgIpc) is 3.25. The second-order valence-corrected chi connectivity index (χ2v) is 7.95. The van der Waals surface area contributed by atoms with E-state index < -0.39 is 22.8 Å². The summed E-state index contributed by atoms with van der Waals surface area (Å²) in [5.41, 5.74) is 4.15. The first-order chi connectivity index (χ1) is 15.8. The molecule has 3 aromatic rings. The fourth-order valence-electron chi connectivity index (χ4n) is 3.09. The van der Waals surface area contributed by atoms with Crippen LogP contribution in [0, 0.1) is 16.0 Å². The number of hydrazone groups is 1. The molecule has 0 aliphatic heterocycles. The maximum atomic E-state index is 12.7. The zero-order chi connectivity index (χ0) is 24.0. The molecule has 3 rings (SSSR count). The van der Waals surface area contributed by atoms with Crippen LogP contribution in [0.2, 0.25) is 5.02 Å². The van der Waals surface area contributed by atoms with Gasteiger partial charge in [0.1, 0.15) is 6.04 Å². The normalized spacial score (nSPS) is 12.0. The number of nitrogens with one attached hydrogen (secondary N) is 2. The summed E-state index contributed by atoms with van der Waals surface area (Å²) < 4.78 is 1.76. The number of benzene rings is 2. The van der Waals surface area contributed by atoms with E-state index in [0.29, 0.717) is 22.0 Å². The number of nitro groups is 1. The van der Waals surface area contributed by atoms with E-state index in [1.807, 2.05) is 13.8 Å². The van der Waals surface area contributed by atoms with Gasteiger partial charge < -0.3 is 9.88 Å². The molecular formula is C23H22ClN5O4. The zero-order valence-electron chi connectivity index (χ0n) is 17.9. The Morgan fingerprint density at radius 1 is 1.12 bits per heavy atom. The summed E-state index contributed by atoms with van der Waals surface area (Å²) in [6.07, 6.45) is 3.22. The van der Waals surface area contributed by atoms with E-state index in [1.54, 1.807) is 53.2 Å². The van der Waals surface area contributed by atoms with Gasteiger partial charge in [0.05, 0.1) is 16.8 Å². The molecule has 0 radical (unpaired) electrons. The lowest BCUT2D eigenvalue weighted by Gasteiger charge is -2.20. The van der Waals surface area contributed by atoms with Crippen molar-refractivity contribution in [3.05, 3.63) is 93.3 Å². The second kappa shape index (κ2) is 10.6. The van der Waals surface area contributed by atoms with E-state index in [9.17, 15) is 19.7 Å². The lowest BCUT2D eigenvalue weighted by molar-refractivity contribution is -0.384. The molecule has 1 aromatic heterocycles. The van der Waals surface area contributed by atoms with E-state index in [2.05, 4.69) is 15.8 Å². The Balaban J connectivity index is 1.67. The molecule has 1 heterocycles. The maximum absolute atomic E-state index is 12.7. The Bertz CT molecular complexity index is 1190. The molecule has 0 fully saturated rings. The van der Waals surface area contributed by atoms with Gasteiger partial charge in [0.25, 0.3) is 17.5 Å². The van der Waals surface area contributed by atoms with Gasteiger partial charge in [-0.2, -0.15) is 5.10 Å². The molecule has 2 amide bonds. The number of carbonyl (C=O) groups excluding carboxylic acids is 2. The third kappa shape index (κ3) is 6.05. The van der Waals surface area contributed by atoms with Crippen LogP contribution in [0.15, 0.2) is 72.0 Å². The second-order valence-electron chi connectivity index (χ2n) is 7.52. The number of carbonyl (C=O) groups is 2. The molecule has 0 aliphatic carbocycles. The van der Waals surface area contributed by atoms with Crippen molar-refractivity contribution in [1.29, 1.82) is 0 Å². The van der Waals surface area contributed by atoms with Gasteiger partial charge in [-0.25, -0.2) is 5.43 Å². The van der Waals surface area contributed by atoms with Crippen LogP contribution in [0.3, 0.4) is 0 Å². The lowest BCUT2D eigenvalue weighted by atomic mass is 10.0. The SMILES string of the molecule is CC(C)C(NC(=O)c1cccc(Cl)c1)C(=O)N/N=C\c1cccn1-c1ccc([N+](=O)[O-])cc1. The maximum Gasteiger partial charge on any atom is 0.269 e. The highest BCUT2D eigenvalue weighted by molar-refractivity contribution is 6.31. The number of non-ortho nitro benzene ring substituents is 1. The Kier molecular flexibility index (Phi) is 7.57. The van der Waals surface area contributed by atoms with Gasteiger partial charge in [0, 0.05) is 34.6 Å². The Morgan fingerprint density at radius 2 is 1.85 bits per heavy atom. The summed E-state index contributed by atoms with van der Waals surface area (Å²) in [4.78, 5) is 35.6. The minimum atomic E-state index is -0.810. The quantitative estimate of drug-likeness (QED) is 0.296. The number of amides is 2. The van der Waals surface area contributed by atoms with Crippen LogP contribution in [0.4, 0.5) is 5.69 Å². The predicted molar refractivity (Wildman–Crippen MR) is 126 cm³/mol. The molecule has 2 aromatic carbocycles. The van der Waals surface area contributed by atoms with E-state index in [-0.39, 0.29) is 11.6 Å². The minimum Gasteiger partial charge on any atom is -0.340 e. The predicted octanol–water partition coefficient (Wildman–Crippen LogP) is 3.94. The molecule has 0 spiro atoms. The van der Waals surface area contributed by atoms with Crippen LogP contribution in [0.25, 0.3) is 5.69 Å². The molecule has 0 saturated heterocycles. The van der Waals surface area contributed by atoms with E-state index >= 15 is 0 Å². The highest BCUT2D eigenvalue weighted by Gasteiger charge is 2.24. The van der Waals surface area contributed by atoms with Gasteiger partial charge in [-0.05, 0) is 48.4 Å². The van der Waals surface area contributed by atoms with Crippen molar-refractivity contribution in [2.75, 3.05) is 0 Å². The van der Waals surface area contributed by atoms with Crippen LogP contribution < -0.4 is 10.7 Å². The molecular weight excluding hydrogens is 446 g/mol. The van der Waals surface area contributed by atoms with E-state index in [1.165, 1.54) is 24.4 Å². The molecule has 1 atom stereocenters. The Labute approximate surface area is 195 Å².